The summed E-state index contributed by atoms with van der Waals surface area (Å²) < 4.78 is 39.2. The first-order valence-electron chi connectivity index (χ1n) is 11.6. The van der Waals surface area contributed by atoms with Crippen molar-refractivity contribution in [3.8, 4) is 5.75 Å². The molecule has 5 rings (SSSR count). The molecule has 4 atom stereocenters. The fourth-order valence-electron chi connectivity index (χ4n) is 5.64. The van der Waals surface area contributed by atoms with Crippen LogP contribution in [0.15, 0.2) is 59.4 Å². The summed E-state index contributed by atoms with van der Waals surface area (Å²) in [6.45, 7) is 0. The maximum absolute atomic E-state index is 13.8. The third-order valence-electron chi connectivity index (χ3n) is 7.46. The van der Waals surface area contributed by atoms with Gasteiger partial charge in [-0.2, -0.15) is 13.2 Å². The number of ketones is 2. The highest BCUT2D eigenvalue weighted by Crippen LogP contribution is 2.55. The van der Waals surface area contributed by atoms with Crippen LogP contribution in [0.1, 0.15) is 28.7 Å². The van der Waals surface area contributed by atoms with Crippen molar-refractivity contribution in [2.45, 2.75) is 24.3 Å². The number of nitrogens with two attached hydrogens (primary N) is 1. The minimum Gasteiger partial charge on any atom is -0.508 e. The lowest BCUT2D eigenvalue weighted by molar-refractivity contribution is -0.157. The first kappa shape index (κ1) is 26.2. The average molecular weight is 543 g/mol. The lowest BCUT2D eigenvalue weighted by Gasteiger charge is -2.49. The minimum absolute atomic E-state index is 0.0768. The van der Waals surface area contributed by atoms with Crippen molar-refractivity contribution >= 4 is 34.9 Å². The molecule has 2 aromatic rings. The molecule has 7 N–H and O–H groups in total. The summed E-state index contributed by atoms with van der Waals surface area (Å²) >= 11 is 0. The molecule has 0 aliphatic heterocycles. The summed E-state index contributed by atoms with van der Waals surface area (Å²) in [4.78, 5) is 38.2. The van der Waals surface area contributed by atoms with E-state index in [0.29, 0.717) is 0 Å². The van der Waals surface area contributed by atoms with Gasteiger partial charge in [0, 0.05) is 18.3 Å². The molecular formula is C27H20F3NO8. The number of fused-ring (bicyclic) bond motifs is 3. The second-order valence-electron chi connectivity index (χ2n) is 9.57. The van der Waals surface area contributed by atoms with Gasteiger partial charge < -0.3 is 31.3 Å². The van der Waals surface area contributed by atoms with Gasteiger partial charge in [-0.05, 0) is 34.9 Å². The normalized spacial score (nSPS) is 27.8. The number of amides is 1. The molecule has 1 amide bonds. The van der Waals surface area contributed by atoms with Crippen LogP contribution >= 0.6 is 0 Å². The van der Waals surface area contributed by atoms with Crippen LogP contribution in [-0.2, 0) is 20.6 Å². The van der Waals surface area contributed by atoms with Crippen LogP contribution in [0.3, 0.4) is 0 Å². The number of hydrogen-bond donors (Lipinski definition) is 6. The SMILES string of the molecule is NC(=O)C1=C(O)[C@@]2(O)C(=O)C3=C(O)c4c(O)cccc4/C(=C\c4ccc(C(F)(F)F)cc4)[C@H]3C(O)[C@H]2CC1=O. The van der Waals surface area contributed by atoms with E-state index in [9.17, 15) is 53.1 Å². The Bertz CT molecular complexity index is 1550. The first-order valence-corrected chi connectivity index (χ1v) is 11.6. The summed E-state index contributed by atoms with van der Waals surface area (Å²) in [6, 6.07) is 7.95. The number of benzene rings is 2. The second kappa shape index (κ2) is 8.55. The largest absolute Gasteiger partial charge is 0.508 e. The van der Waals surface area contributed by atoms with Crippen molar-refractivity contribution in [1.82, 2.24) is 0 Å². The zero-order valence-electron chi connectivity index (χ0n) is 19.7. The molecule has 1 saturated carbocycles. The summed E-state index contributed by atoms with van der Waals surface area (Å²) in [6.07, 6.45) is -5.86. The number of primary amides is 1. The molecule has 2 aromatic carbocycles. The van der Waals surface area contributed by atoms with Crippen LogP contribution in [0.4, 0.5) is 13.2 Å². The number of carbonyl (C=O) groups is 3. The fraction of sp³-hybridized carbons (Fsp3) is 0.222. The van der Waals surface area contributed by atoms with E-state index in [1.807, 2.05) is 0 Å². The average Bonchev–Trinajstić information content (AvgIpc) is 2.85. The zero-order valence-corrected chi connectivity index (χ0v) is 19.7. The van der Waals surface area contributed by atoms with Crippen LogP contribution in [0.5, 0.6) is 5.75 Å². The van der Waals surface area contributed by atoms with E-state index in [-0.39, 0.29) is 22.3 Å². The van der Waals surface area contributed by atoms with E-state index in [1.165, 1.54) is 24.3 Å². The Balaban J connectivity index is 1.77. The van der Waals surface area contributed by atoms with Crippen molar-refractivity contribution < 1.29 is 53.1 Å². The quantitative estimate of drug-likeness (QED) is 0.313. The molecule has 0 radical (unpaired) electrons. The molecule has 0 bridgehead atoms. The molecule has 1 unspecified atom stereocenters. The number of carbonyl (C=O) groups excluding carboxylic acids is 3. The molecule has 39 heavy (non-hydrogen) atoms. The number of halogens is 3. The number of aliphatic hydroxyl groups excluding tert-OH is 3. The number of Topliss-reactive ketones (excluding diaryl/α,β-unsaturated/α-hetero) is 2. The molecule has 3 aliphatic rings. The number of rotatable bonds is 2. The van der Waals surface area contributed by atoms with Gasteiger partial charge in [-0.3, -0.25) is 14.4 Å². The molecule has 0 saturated heterocycles. The molecule has 9 nitrogen and oxygen atoms in total. The monoisotopic (exact) mass is 543 g/mol. The topological polar surface area (TPSA) is 178 Å². The maximum atomic E-state index is 13.8. The number of alkyl halides is 3. The van der Waals surface area contributed by atoms with Gasteiger partial charge in [0.15, 0.2) is 11.4 Å². The van der Waals surface area contributed by atoms with Crippen molar-refractivity contribution in [2.24, 2.45) is 17.6 Å². The number of phenolic OH excluding ortho intramolecular Hbond substituents is 1. The van der Waals surface area contributed by atoms with Gasteiger partial charge in [0.1, 0.15) is 22.8 Å². The molecule has 0 heterocycles. The maximum Gasteiger partial charge on any atom is 0.416 e. The molecule has 0 spiro atoms. The fourth-order valence-corrected chi connectivity index (χ4v) is 5.64. The molecule has 1 fully saturated rings. The van der Waals surface area contributed by atoms with Crippen molar-refractivity contribution in [2.75, 3.05) is 0 Å². The van der Waals surface area contributed by atoms with E-state index in [0.717, 1.165) is 24.3 Å². The summed E-state index contributed by atoms with van der Waals surface area (Å²) in [5.41, 5.74) is -0.305. The van der Waals surface area contributed by atoms with Crippen LogP contribution in [0.25, 0.3) is 17.4 Å². The third kappa shape index (κ3) is 3.67. The van der Waals surface area contributed by atoms with Gasteiger partial charge in [0.2, 0.25) is 5.78 Å². The van der Waals surface area contributed by atoms with Gasteiger partial charge in [-0.1, -0.05) is 30.3 Å². The van der Waals surface area contributed by atoms with Gasteiger partial charge in [0.05, 0.1) is 22.8 Å². The van der Waals surface area contributed by atoms with Gasteiger partial charge >= 0.3 is 6.18 Å². The minimum atomic E-state index is -4.60. The number of hydrogen-bond acceptors (Lipinski definition) is 8. The molecule has 3 aliphatic carbocycles. The summed E-state index contributed by atoms with van der Waals surface area (Å²) in [5.74, 6) is -9.62. The smallest absolute Gasteiger partial charge is 0.416 e. The Kier molecular flexibility index (Phi) is 5.74. The van der Waals surface area contributed by atoms with Gasteiger partial charge in [-0.25, -0.2) is 0 Å². The molecule has 12 heteroatoms. The van der Waals surface area contributed by atoms with Crippen molar-refractivity contribution in [3.05, 3.63) is 81.6 Å². The number of aliphatic hydroxyl groups is 4. The Morgan fingerprint density at radius 1 is 1.05 bits per heavy atom. The number of aromatic hydroxyl groups is 1. The lowest BCUT2D eigenvalue weighted by atomic mass is 9.56. The highest BCUT2D eigenvalue weighted by atomic mass is 19.4. The van der Waals surface area contributed by atoms with E-state index in [2.05, 4.69) is 0 Å². The second-order valence-corrected chi connectivity index (χ2v) is 9.57. The zero-order chi connectivity index (χ0) is 28.6. The first-order chi connectivity index (χ1) is 18.2. The predicted octanol–water partition coefficient (Wildman–Crippen LogP) is 2.41. The Labute approximate surface area is 217 Å². The highest BCUT2D eigenvalue weighted by Gasteiger charge is 2.64. The van der Waals surface area contributed by atoms with Gasteiger partial charge in [-0.15, -0.1) is 0 Å². The predicted molar refractivity (Wildman–Crippen MR) is 128 cm³/mol. The van der Waals surface area contributed by atoms with Crippen LogP contribution in [0, 0.1) is 11.8 Å². The lowest BCUT2D eigenvalue weighted by Crippen LogP contribution is -2.63. The highest BCUT2D eigenvalue weighted by molar-refractivity contribution is 6.23. The van der Waals surface area contributed by atoms with E-state index in [4.69, 9.17) is 5.73 Å². The Morgan fingerprint density at radius 2 is 1.69 bits per heavy atom. The van der Waals surface area contributed by atoms with E-state index < -0.39 is 87.6 Å². The van der Waals surface area contributed by atoms with Crippen LogP contribution in [-0.4, -0.2) is 54.7 Å². The standard InChI is InChI=1S/C27H20F3NO8/c28-27(29,30)11-6-4-10(5-7-11)8-13-12-2-1-3-15(32)17(12)22(35)20-18(13)21(34)14-9-16(33)19(25(31)38)23(36)26(14,39)24(20)37/h1-8,14,18,21,32,34-36,39H,9H2,(H2,31,38)/b13-8+/t14-,18-,21?,26-/m1/s1. The Hall–Kier alpha value is -4.42. The summed E-state index contributed by atoms with van der Waals surface area (Å²) in [5, 5.41) is 55.2. The third-order valence-corrected chi connectivity index (χ3v) is 7.46. The van der Waals surface area contributed by atoms with Crippen molar-refractivity contribution in [3.63, 3.8) is 0 Å². The van der Waals surface area contributed by atoms with E-state index >= 15 is 0 Å². The molecule has 0 aromatic heterocycles. The van der Waals surface area contributed by atoms with Crippen LogP contribution < -0.4 is 5.73 Å². The summed E-state index contributed by atoms with van der Waals surface area (Å²) in [7, 11) is 0. The molecular weight excluding hydrogens is 523 g/mol. The van der Waals surface area contributed by atoms with E-state index in [1.54, 1.807) is 0 Å². The van der Waals surface area contributed by atoms with Crippen LogP contribution in [0.2, 0.25) is 0 Å². The van der Waals surface area contributed by atoms with Gasteiger partial charge in [0.25, 0.3) is 5.91 Å². The number of phenols is 1. The van der Waals surface area contributed by atoms with Crippen molar-refractivity contribution in [1.29, 1.82) is 0 Å². The molecule has 202 valence electrons. The Morgan fingerprint density at radius 3 is 2.28 bits per heavy atom.